The van der Waals surface area contributed by atoms with Gasteiger partial charge in [0.25, 0.3) is 5.91 Å². The van der Waals surface area contributed by atoms with Gasteiger partial charge in [-0.15, -0.1) is 0 Å². The van der Waals surface area contributed by atoms with Gasteiger partial charge >= 0.3 is 0 Å². The summed E-state index contributed by atoms with van der Waals surface area (Å²) in [6.07, 6.45) is 4.09. The van der Waals surface area contributed by atoms with Crippen molar-refractivity contribution < 1.29 is 13.9 Å². The fourth-order valence-corrected chi connectivity index (χ4v) is 3.13. The third kappa shape index (κ3) is 3.64. The van der Waals surface area contributed by atoms with Crippen LogP contribution in [0.5, 0.6) is 0 Å². The molecule has 1 fully saturated rings. The number of ether oxygens (including phenoxy) is 1. The summed E-state index contributed by atoms with van der Waals surface area (Å²) in [5.74, 6) is -0.192. The highest BCUT2D eigenvalue weighted by molar-refractivity contribution is 5.95. The van der Waals surface area contributed by atoms with Crippen LogP contribution >= 0.6 is 0 Å². The van der Waals surface area contributed by atoms with Gasteiger partial charge in [0.2, 0.25) is 0 Å². The molecule has 2 heterocycles. The predicted molar refractivity (Wildman–Crippen MR) is 88.1 cm³/mol. The second-order valence-corrected chi connectivity index (χ2v) is 6.11. The second kappa shape index (κ2) is 7.57. The Morgan fingerprint density at radius 2 is 2.21 bits per heavy atom. The molecule has 1 aromatic heterocycles. The van der Waals surface area contributed by atoms with Crippen LogP contribution in [-0.4, -0.2) is 29.3 Å². The molecule has 0 radical (unpaired) electrons. The van der Waals surface area contributed by atoms with E-state index in [0.29, 0.717) is 18.7 Å². The lowest BCUT2D eigenvalue weighted by atomic mass is 9.95. The fourth-order valence-electron chi connectivity index (χ4n) is 3.13. The number of nitrogens with zero attached hydrogens (tertiary/aromatic N) is 1. The van der Waals surface area contributed by atoms with Crippen molar-refractivity contribution in [2.24, 2.45) is 5.92 Å². The first-order valence-corrected chi connectivity index (χ1v) is 8.36. The van der Waals surface area contributed by atoms with Crippen LogP contribution in [0, 0.1) is 11.7 Å². The average molecular weight is 331 g/mol. The van der Waals surface area contributed by atoms with Gasteiger partial charge < -0.3 is 10.1 Å². The van der Waals surface area contributed by atoms with Gasteiger partial charge in [-0.3, -0.25) is 9.89 Å². The number of benzene rings is 1. The molecule has 0 spiro atoms. The molecule has 128 valence electrons. The number of aryl methyl sites for hydroxylation is 1. The van der Waals surface area contributed by atoms with Crippen molar-refractivity contribution in [1.29, 1.82) is 0 Å². The van der Waals surface area contributed by atoms with E-state index in [1.54, 1.807) is 18.3 Å². The number of hydrogen-bond acceptors (Lipinski definition) is 3. The van der Waals surface area contributed by atoms with Crippen LogP contribution in [0.3, 0.4) is 0 Å². The first-order chi connectivity index (χ1) is 11.7. The van der Waals surface area contributed by atoms with Crippen LogP contribution in [0.25, 0.3) is 0 Å². The Morgan fingerprint density at radius 1 is 1.42 bits per heavy atom. The lowest BCUT2D eigenvalue weighted by Gasteiger charge is -2.19. The van der Waals surface area contributed by atoms with Crippen LogP contribution in [-0.2, 0) is 11.2 Å². The van der Waals surface area contributed by atoms with Crippen LogP contribution in [0.2, 0.25) is 0 Å². The number of halogens is 1. The number of nitrogens with one attached hydrogen (secondary N) is 2. The number of amides is 1. The highest BCUT2D eigenvalue weighted by Crippen LogP contribution is 2.34. The number of H-pyrrole nitrogens is 1. The molecule has 5 nitrogen and oxygen atoms in total. The normalized spacial score (nSPS) is 20.2. The molecule has 1 saturated heterocycles. The fraction of sp³-hybridized carbons (Fsp3) is 0.444. The maximum Gasteiger partial charge on any atom is 0.254 e. The number of aromatic amines is 1. The van der Waals surface area contributed by atoms with Crippen molar-refractivity contribution in [3.63, 3.8) is 0 Å². The Hall–Kier alpha value is -2.21. The molecule has 6 heteroatoms. The monoisotopic (exact) mass is 331 g/mol. The van der Waals surface area contributed by atoms with E-state index in [1.165, 1.54) is 12.1 Å². The van der Waals surface area contributed by atoms with Gasteiger partial charge in [0, 0.05) is 24.8 Å². The zero-order valence-electron chi connectivity index (χ0n) is 13.7. The first-order valence-electron chi connectivity index (χ1n) is 8.36. The van der Waals surface area contributed by atoms with Gasteiger partial charge in [0.05, 0.1) is 17.9 Å². The summed E-state index contributed by atoms with van der Waals surface area (Å²) in [5.41, 5.74) is 2.42. The minimum absolute atomic E-state index is 0.106. The molecular formula is C18H22FN3O2. The second-order valence-electron chi connectivity index (χ2n) is 6.11. The maximum atomic E-state index is 13.1. The topological polar surface area (TPSA) is 67.0 Å². The molecule has 2 atom stereocenters. The van der Waals surface area contributed by atoms with Gasteiger partial charge in [0.1, 0.15) is 5.82 Å². The Morgan fingerprint density at radius 3 is 2.96 bits per heavy atom. The maximum absolute atomic E-state index is 13.1. The van der Waals surface area contributed by atoms with Crippen LogP contribution in [0.4, 0.5) is 4.39 Å². The summed E-state index contributed by atoms with van der Waals surface area (Å²) >= 11 is 0. The predicted octanol–water partition coefficient (Wildman–Crippen LogP) is 3.01. The molecule has 24 heavy (non-hydrogen) atoms. The lowest BCUT2D eigenvalue weighted by molar-refractivity contribution is 0.0845. The molecule has 3 rings (SSSR count). The van der Waals surface area contributed by atoms with Crippen molar-refractivity contribution in [2.45, 2.75) is 32.3 Å². The zero-order chi connectivity index (χ0) is 16.9. The highest BCUT2D eigenvalue weighted by atomic mass is 19.1. The average Bonchev–Trinajstić information content (AvgIpc) is 3.23. The minimum Gasteiger partial charge on any atom is -0.373 e. The summed E-state index contributed by atoms with van der Waals surface area (Å²) in [6, 6.07) is 6.37. The largest absolute Gasteiger partial charge is 0.373 e. The van der Waals surface area contributed by atoms with Crippen molar-refractivity contribution in [2.75, 3.05) is 13.2 Å². The molecule has 0 saturated carbocycles. The standard InChI is InChI=1S/C18H22FN3O2/c1-2-3-16-15(11-21-22-16)18(23)20-10-13-8-9-24-17(13)12-4-6-14(19)7-5-12/h4-7,11,13,17H,2-3,8-10H2,1H3,(H,20,23)(H,21,22)/t13-,17-/m0/s1. The third-order valence-electron chi connectivity index (χ3n) is 4.40. The van der Waals surface area contributed by atoms with Gasteiger partial charge in [-0.2, -0.15) is 5.10 Å². The molecule has 1 aliphatic rings. The quantitative estimate of drug-likeness (QED) is 0.855. The van der Waals surface area contributed by atoms with E-state index in [1.807, 2.05) is 0 Å². The van der Waals surface area contributed by atoms with Crippen molar-refractivity contribution in [3.8, 4) is 0 Å². The highest BCUT2D eigenvalue weighted by Gasteiger charge is 2.30. The molecule has 0 aliphatic carbocycles. The molecule has 0 bridgehead atoms. The van der Waals surface area contributed by atoms with Crippen LogP contribution in [0.15, 0.2) is 30.5 Å². The molecule has 2 N–H and O–H groups in total. The molecule has 1 amide bonds. The Kier molecular flexibility index (Phi) is 5.25. The molecule has 1 aliphatic heterocycles. The summed E-state index contributed by atoms with van der Waals surface area (Å²) in [7, 11) is 0. The Bertz CT molecular complexity index is 684. The lowest BCUT2D eigenvalue weighted by Crippen LogP contribution is -2.31. The Labute approximate surface area is 140 Å². The smallest absolute Gasteiger partial charge is 0.254 e. The van der Waals surface area contributed by atoms with E-state index >= 15 is 0 Å². The minimum atomic E-state index is -0.259. The van der Waals surface area contributed by atoms with E-state index in [4.69, 9.17) is 4.74 Å². The van der Waals surface area contributed by atoms with Gasteiger partial charge in [-0.25, -0.2) is 4.39 Å². The van der Waals surface area contributed by atoms with E-state index in [9.17, 15) is 9.18 Å². The number of carbonyl (C=O) groups is 1. The molecule has 0 unspecified atom stereocenters. The third-order valence-corrected chi connectivity index (χ3v) is 4.40. The molecule has 2 aromatic rings. The Balaban J connectivity index is 1.61. The van der Waals surface area contributed by atoms with E-state index in [2.05, 4.69) is 22.4 Å². The first kappa shape index (κ1) is 16.6. The van der Waals surface area contributed by atoms with Crippen molar-refractivity contribution >= 4 is 5.91 Å². The van der Waals surface area contributed by atoms with E-state index < -0.39 is 0 Å². The van der Waals surface area contributed by atoms with Gasteiger partial charge in [-0.05, 0) is 30.5 Å². The summed E-state index contributed by atoms with van der Waals surface area (Å²) < 4.78 is 18.9. The van der Waals surface area contributed by atoms with E-state index in [0.717, 1.165) is 30.5 Å². The zero-order valence-corrected chi connectivity index (χ0v) is 13.7. The van der Waals surface area contributed by atoms with Crippen molar-refractivity contribution in [1.82, 2.24) is 15.5 Å². The summed E-state index contributed by atoms with van der Waals surface area (Å²) in [4.78, 5) is 12.4. The molecule has 1 aromatic carbocycles. The number of carbonyl (C=O) groups excluding carboxylic acids is 1. The van der Waals surface area contributed by atoms with E-state index in [-0.39, 0.29) is 23.7 Å². The number of aromatic nitrogens is 2. The number of hydrogen-bond donors (Lipinski definition) is 2. The molecular weight excluding hydrogens is 309 g/mol. The van der Waals surface area contributed by atoms with Crippen LogP contribution < -0.4 is 5.32 Å². The number of rotatable bonds is 6. The summed E-state index contributed by atoms with van der Waals surface area (Å²) in [5, 5.41) is 9.83. The summed E-state index contributed by atoms with van der Waals surface area (Å²) in [6.45, 7) is 3.23. The van der Waals surface area contributed by atoms with Crippen LogP contribution in [0.1, 0.15) is 47.5 Å². The van der Waals surface area contributed by atoms with Gasteiger partial charge in [-0.1, -0.05) is 25.5 Å². The SMILES string of the molecule is CCCc1[nH]ncc1C(=O)NC[C@@H]1CCO[C@H]1c1ccc(F)cc1. The van der Waals surface area contributed by atoms with Gasteiger partial charge in [0.15, 0.2) is 0 Å². The van der Waals surface area contributed by atoms with Crippen molar-refractivity contribution in [3.05, 3.63) is 53.1 Å².